The highest BCUT2D eigenvalue weighted by atomic mass is 19.1. The van der Waals surface area contributed by atoms with E-state index in [-0.39, 0.29) is 0 Å². The number of rotatable bonds is 2. The van der Waals surface area contributed by atoms with Crippen molar-refractivity contribution in [2.45, 2.75) is 12.2 Å². The van der Waals surface area contributed by atoms with Crippen LogP contribution in [0.3, 0.4) is 0 Å². The molecule has 0 fully saturated rings. The molecule has 0 amide bonds. The van der Waals surface area contributed by atoms with E-state index in [9.17, 15) is 9.18 Å². The minimum absolute atomic E-state index is 0.751. The zero-order valence-electron chi connectivity index (χ0n) is 5.90. The van der Waals surface area contributed by atoms with E-state index in [0.717, 1.165) is 0 Å². The van der Waals surface area contributed by atoms with Gasteiger partial charge in [-0.3, -0.25) is 0 Å². The average molecular weight is 178 g/mol. The predicted molar refractivity (Wildman–Crippen MR) is 33.7 cm³/mol. The van der Waals surface area contributed by atoms with Gasteiger partial charge in [0.2, 0.25) is 5.76 Å². The van der Waals surface area contributed by atoms with Gasteiger partial charge in [0.15, 0.2) is 11.9 Å². The van der Waals surface area contributed by atoms with E-state index in [2.05, 4.69) is 4.74 Å². The second kappa shape index (κ2) is 3.08. The molecule has 68 valence electrons. The van der Waals surface area contributed by atoms with Gasteiger partial charge in [0.1, 0.15) is 6.10 Å². The first-order valence-corrected chi connectivity index (χ1v) is 3.16. The zero-order valence-corrected chi connectivity index (χ0v) is 5.90. The molecule has 0 aromatic carbocycles. The number of aliphatic hydroxyl groups excluding tert-OH is 3. The smallest absolute Gasteiger partial charge is 0.377 e. The van der Waals surface area contributed by atoms with Crippen LogP contribution in [0.1, 0.15) is 0 Å². The van der Waals surface area contributed by atoms with E-state index in [1.54, 1.807) is 0 Å². The Hall–Kier alpha value is -1.14. The van der Waals surface area contributed by atoms with Gasteiger partial charge in [-0.2, -0.15) is 0 Å². The fraction of sp³-hybridized carbons (Fsp3) is 0.500. The van der Waals surface area contributed by atoms with Crippen LogP contribution in [0.2, 0.25) is 0 Å². The summed E-state index contributed by atoms with van der Waals surface area (Å²) in [5.74, 6) is -3.63. The Morgan fingerprint density at radius 2 is 2.25 bits per heavy atom. The molecule has 2 atom stereocenters. The Morgan fingerprint density at radius 1 is 1.67 bits per heavy atom. The van der Waals surface area contributed by atoms with Gasteiger partial charge in [-0.25, -0.2) is 9.18 Å². The summed E-state index contributed by atoms with van der Waals surface area (Å²) in [5.41, 5.74) is 0. The number of esters is 1. The van der Waals surface area contributed by atoms with Gasteiger partial charge >= 0.3 is 5.97 Å². The summed E-state index contributed by atoms with van der Waals surface area (Å²) < 4.78 is 16.9. The van der Waals surface area contributed by atoms with E-state index in [0.29, 0.717) is 0 Å². The number of ether oxygens (including phenoxy) is 1. The van der Waals surface area contributed by atoms with Crippen molar-refractivity contribution in [3.63, 3.8) is 0 Å². The largest absolute Gasteiger partial charge is 0.500 e. The number of hydrogen-bond acceptors (Lipinski definition) is 5. The van der Waals surface area contributed by atoms with Crippen LogP contribution in [0, 0.1) is 0 Å². The van der Waals surface area contributed by atoms with Gasteiger partial charge in [0.25, 0.3) is 0 Å². The fourth-order valence-electron chi connectivity index (χ4n) is 0.798. The summed E-state index contributed by atoms with van der Waals surface area (Å²) in [7, 11) is 0. The highest BCUT2D eigenvalue weighted by molar-refractivity contribution is 5.89. The molecule has 5 nitrogen and oxygen atoms in total. The first kappa shape index (κ1) is 8.95. The molecule has 0 saturated carbocycles. The molecule has 3 N–H and O–H groups in total. The van der Waals surface area contributed by atoms with Crippen molar-refractivity contribution in [1.82, 2.24) is 0 Å². The minimum atomic E-state index is -1.58. The molecular formula is C6H7FO5. The molecule has 0 saturated heterocycles. The molecule has 0 aromatic rings. The van der Waals surface area contributed by atoms with Crippen LogP contribution in [0.5, 0.6) is 0 Å². The Labute approximate surface area is 66.7 Å². The quantitative estimate of drug-likeness (QED) is 0.472. The maximum Gasteiger partial charge on any atom is 0.377 e. The first-order valence-electron chi connectivity index (χ1n) is 3.16. The highest BCUT2D eigenvalue weighted by Crippen LogP contribution is 2.24. The van der Waals surface area contributed by atoms with E-state index in [1.807, 2.05) is 0 Å². The van der Waals surface area contributed by atoms with Gasteiger partial charge in [0.05, 0.1) is 6.61 Å². The van der Waals surface area contributed by atoms with Crippen molar-refractivity contribution in [2.24, 2.45) is 0 Å². The standard InChI is InChI=1S/C6H7FO5/c7-3-4(10)6(11)12-5(3)2(9)1-8/h2,5,8-10H,1H2/t2-,5+/m0/s1. The topological polar surface area (TPSA) is 87.0 Å². The molecule has 1 rings (SSSR count). The number of halogens is 1. The molecule has 0 radical (unpaired) electrons. The van der Waals surface area contributed by atoms with Gasteiger partial charge in [-0.15, -0.1) is 0 Å². The molecule has 12 heavy (non-hydrogen) atoms. The molecule has 0 bridgehead atoms. The summed E-state index contributed by atoms with van der Waals surface area (Å²) in [6, 6.07) is 0. The molecular weight excluding hydrogens is 171 g/mol. The first-order chi connectivity index (χ1) is 5.57. The molecule has 0 spiro atoms. The monoisotopic (exact) mass is 178 g/mol. The normalized spacial score (nSPS) is 25.9. The van der Waals surface area contributed by atoms with Crippen LogP contribution in [0.4, 0.5) is 4.39 Å². The van der Waals surface area contributed by atoms with Crippen molar-refractivity contribution in [3.05, 3.63) is 11.6 Å². The van der Waals surface area contributed by atoms with Gasteiger partial charge in [-0.1, -0.05) is 0 Å². The van der Waals surface area contributed by atoms with Gasteiger partial charge < -0.3 is 20.1 Å². The molecule has 1 aliphatic heterocycles. The van der Waals surface area contributed by atoms with Crippen LogP contribution in [0.25, 0.3) is 0 Å². The Balaban J connectivity index is 2.80. The van der Waals surface area contributed by atoms with Gasteiger partial charge in [0, 0.05) is 0 Å². The second-order valence-corrected chi connectivity index (χ2v) is 2.27. The lowest BCUT2D eigenvalue weighted by molar-refractivity contribution is -0.147. The number of hydrogen-bond donors (Lipinski definition) is 3. The Morgan fingerprint density at radius 3 is 2.58 bits per heavy atom. The predicted octanol–water partition coefficient (Wildman–Crippen LogP) is -0.996. The van der Waals surface area contributed by atoms with E-state index >= 15 is 0 Å². The summed E-state index contributed by atoms with van der Waals surface area (Å²) in [5, 5.41) is 25.8. The fourth-order valence-corrected chi connectivity index (χ4v) is 0.798. The number of cyclic esters (lactones) is 1. The summed E-state index contributed by atoms with van der Waals surface area (Å²) in [6.07, 6.45) is -3.12. The molecule has 0 aliphatic carbocycles. The lowest BCUT2D eigenvalue weighted by Gasteiger charge is -2.13. The SMILES string of the molecule is O=C1O[C@H]([C@@H](O)CO)C(F)=C1O. The number of aliphatic hydroxyl groups is 3. The van der Waals surface area contributed by atoms with Crippen molar-refractivity contribution in [1.29, 1.82) is 0 Å². The van der Waals surface area contributed by atoms with Crippen LogP contribution < -0.4 is 0 Å². The third-order valence-electron chi connectivity index (χ3n) is 1.44. The molecule has 1 aliphatic rings. The van der Waals surface area contributed by atoms with Crippen molar-refractivity contribution in [2.75, 3.05) is 6.61 Å². The Bertz CT molecular complexity index is 236. The van der Waals surface area contributed by atoms with Crippen molar-refractivity contribution >= 4 is 5.97 Å². The lowest BCUT2D eigenvalue weighted by atomic mass is 10.2. The van der Waals surface area contributed by atoms with E-state index < -0.39 is 36.4 Å². The number of carbonyl (C=O) groups excluding carboxylic acids is 1. The average Bonchev–Trinajstić information content (AvgIpc) is 2.32. The molecule has 0 aromatic heterocycles. The maximum atomic E-state index is 12.7. The summed E-state index contributed by atoms with van der Waals surface area (Å²) in [6.45, 7) is -0.751. The maximum absolute atomic E-state index is 12.7. The highest BCUT2D eigenvalue weighted by Gasteiger charge is 2.39. The third-order valence-corrected chi connectivity index (χ3v) is 1.44. The summed E-state index contributed by atoms with van der Waals surface area (Å²) in [4.78, 5) is 10.5. The van der Waals surface area contributed by atoms with Crippen LogP contribution >= 0.6 is 0 Å². The van der Waals surface area contributed by atoms with Crippen LogP contribution in [0.15, 0.2) is 11.6 Å². The van der Waals surface area contributed by atoms with Crippen LogP contribution in [-0.4, -0.2) is 40.1 Å². The molecule has 0 unspecified atom stereocenters. The Kier molecular flexibility index (Phi) is 2.30. The molecule has 6 heteroatoms. The van der Waals surface area contributed by atoms with Crippen molar-refractivity contribution in [3.8, 4) is 0 Å². The van der Waals surface area contributed by atoms with Crippen molar-refractivity contribution < 1.29 is 29.2 Å². The molecule has 1 heterocycles. The number of carbonyl (C=O) groups is 1. The summed E-state index contributed by atoms with van der Waals surface area (Å²) >= 11 is 0. The van der Waals surface area contributed by atoms with E-state index in [1.165, 1.54) is 0 Å². The minimum Gasteiger partial charge on any atom is -0.500 e. The third kappa shape index (κ3) is 1.26. The zero-order chi connectivity index (χ0) is 9.30. The lowest BCUT2D eigenvalue weighted by Crippen LogP contribution is -2.30. The van der Waals surface area contributed by atoms with Gasteiger partial charge in [-0.05, 0) is 0 Å². The second-order valence-electron chi connectivity index (χ2n) is 2.27. The van der Waals surface area contributed by atoms with E-state index in [4.69, 9.17) is 15.3 Å². The van der Waals surface area contributed by atoms with Crippen LogP contribution in [-0.2, 0) is 9.53 Å².